The van der Waals surface area contributed by atoms with Gasteiger partial charge in [0.2, 0.25) is 10.0 Å². The molecule has 0 spiro atoms. The standard InChI is InChI=1S/C17H26N4O3S/c1-15(2)14-19-5-7-20(8-6-19)17-4-3-16(13-18-17)25(22,23)21-9-11-24-12-10-21/h3-4,13H,1,5-12,14H2,2H3. The molecule has 7 nitrogen and oxygen atoms in total. The fourth-order valence-corrected chi connectivity index (χ4v) is 4.52. The fraction of sp³-hybridized carbons (Fsp3) is 0.588. The fourth-order valence-electron chi connectivity index (χ4n) is 3.16. The van der Waals surface area contributed by atoms with Gasteiger partial charge in [-0.1, -0.05) is 12.2 Å². The lowest BCUT2D eigenvalue weighted by molar-refractivity contribution is 0.0730. The van der Waals surface area contributed by atoms with Gasteiger partial charge in [0.1, 0.15) is 10.7 Å². The average molecular weight is 366 g/mol. The van der Waals surface area contributed by atoms with E-state index in [0.29, 0.717) is 26.3 Å². The number of anilines is 1. The van der Waals surface area contributed by atoms with E-state index in [0.717, 1.165) is 38.5 Å². The molecule has 2 saturated heterocycles. The van der Waals surface area contributed by atoms with Gasteiger partial charge in [-0.05, 0) is 19.1 Å². The maximum Gasteiger partial charge on any atom is 0.244 e. The molecule has 0 amide bonds. The Kier molecular flexibility index (Phi) is 5.73. The number of nitrogens with zero attached hydrogens (tertiary/aromatic N) is 4. The van der Waals surface area contributed by atoms with E-state index in [1.54, 1.807) is 6.07 Å². The van der Waals surface area contributed by atoms with E-state index in [-0.39, 0.29) is 4.90 Å². The maximum atomic E-state index is 12.6. The lowest BCUT2D eigenvalue weighted by atomic mass is 10.2. The van der Waals surface area contributed by atoms with Gasteiger partial charge in [0.15, 0.2) is 0 Å². The number of piperazine rings is 1. The topological polar surface area (TPSA) is 66.0 Å². The highest BCUT2D eigenvalue weighted by Crippen LogP contribution is 2.20. The van der Waals surface area contributed by atoms with Crippen molar-refractivity contribution in [2.75, 3.05) is 63.9 Å². The van der Waals surface area contributed by atoms with Gasteiger partial charge in [-0.15, -0.1) is 0 Å². The molecule has 0 unspecified atom stereocenters. The molecule has 3 heterocycles. The van der Waals surface area contributed by atoms with E-state index in [9.17, 15) is 8.42 Å². The van der Waals surface area contributed by atoms with Gasteiger partial charge >= 0.3 is 0 Å². The minimum atomic E-state index is -3.48. The summed E-state index contributed by atoms with van der Waals surface area (Å²) in [5, 5.41) is 0. The monoisotopic (exact) mass is 366 g/mol. The Hall–Kier alpha value is -1.48. The summed E-state index contributed by atoms with van der Waals surface area (Å²) in [6.45, 7) is 12.3. The van der Waals surface area contributed by atoms with Crippen LogP contribution in [0.15, 0.2) is 35.4 Å². The van der Waals surface area contributed by atoms with Gasteiger partial charge in [0.25, 0.3) is 0 Å². The Morgan fingerprint density at radius 3 is 2.40 bits per heavy atom. The molecule has 1 aromatic rings. The second kappa shape index (κ2) is 7.82. The molecule has 8 heteroatoms. The summed E-state index contributed by atoms with van der Waals surface area (Å²) in [5.41, 5.74) is 1.17. The Morgan fingerprint density at radius 2 is 1.84 bits per heavy atom. The molecule has 0 bridgehead atoms. The molecule has 2 fully saturated rings. The summed E-state index contributed by atoms with van der Waals surface area (Å²) >= 11 is 0. The van der Waals surface area contributed by atoms with E-state index < -0.39 is 10.0 Å². The molecule has 0 aromatic carbocycles. The van der Waals surface area contributed by atoms with Crippen LogP contribution in [0.25, 0.3) is 0 Å². The van der Waals surface area contributed by atoms with Crippen LogP contribution in [-0.2, 0) is 14.8 Å². The van der Waals surface area contributed by atoms with Crippen molar-refractivity contribution in [3.63, 3.8) is 0 Å². The van der Waals surface area contributed by atoms with Crippen LogP contribution in [-0.4, -0.2) is 81.6 Å². The number of ether oxygens (including phenoxy) is 1. The highest BCUT2D eigenvalue weighted by atomic mass is 32.2. The predicted molar refractivity (Wildman–Crippen MR) is 97.3 cm³/mol. The quantitative estimate of drug-likeness (QED) is 0.718. The van der Waals surface area contributed by atoms with Crippen LogP contribution in [0.4, 0.5) is 5.82 Å². The summed E-state index contributed by atoms with van der Waals surface area (Å²) < 4.78 is 31.9. The third-order valence-electron chi connectivity index (χ3n) is 4.52. The van der Waals surface area contributed by atoms with Gasteiger partial charge in [-0.25, -0.2) is 13.4 Å². The van der Waals surface area contributed by atoms with Crippen molar-refractivity contribution in [1.82, 2.24) is 14.2 Å². The van der Waals surface area contributed by atoms with Gasteiger partial charge in [0.05, 0.1) is 13.2 Å². The first kappa shape index (κ1) is 18.3. The van der Waals surface area contributed by atoms with E-state index in [1.807, 2.05) is 13.0 Å². The Morgan fingerprint density at radius 1 is 1.16 bits per heavy atom. The molecule has 3 rings (SSSR count). The van der Waals surface area contributed by atoms with Crippen LogP contribution in [0.3, 0.4) is 0 Å². The van der Waals surface area contributed by atoms with Crippen LogP contribution in [0.2, 0.25) is 0 Å². The SMILES string of the molecule is C=C(C)CN1CCN(c2ccc(S(=O)(=O)N3CCOCC3)cn2)CC1. The van der Waals surface area contributed by atoms with E-state index >= 15 is 0 Å². The summed E-state index contributed by atoms with van der Waals surface area (Å²) in [6, 6.07) is 3.47. The molecular weight excluding hydrogens is 340 g/mol. The van der Waals surface area contributed by atoms with Crippen LogP contribution in [0.5, 0.6) is 0 Å². The van der Waals surface area contributed by atoms with Gasteiger partial charge in [-0.3, -0.25) is 4.90 Å². The normalized spacial score (nSPS) is 20.6. The molecule has 0 N–H and O–H groups in total. The smallest absolute Gasteiger partial charge is 0.244 e. The highest BCUT2D eigenvalue weighted by Gasteiger charge is 2.27. The van der Waals surface area contributed by atoms with Gasteiger partial charge in [-0.2, -0.15) is 4.31 Å². The zero-order chi connectivity index (χ0) is 17.9. The number of hydrogen-bond acceptors (Lipinski definition) is 6. The lowest BCUT2D eigenvalue weighted by Crippen LogP contribution is -2.47. The molecule has 0 radical (unpaired) electrons. The highest BCUT2D eigenvalue weighted by molar-refractivity contribution is 7.89. The lowest BCUT2D eigenvalue weighted by Gasteiger charge is -2.35. The summed E-state index contributed by atoms with van der Waals surface area (Å²) in [5.74, 6) is 0.830. The van der Waals surface area contributed by atoms with Crippen molar-refractivity contribution in [2.45, 2.75) is 11.8 Å². The zero-order valence-electron chi connectivity index (χ0n) is 14.7. The first-order chi connectivity index (χ1) is 12.0. The Labute approximate surface area is 149 Å². The molecular formula is C17H26N4O3S. The van der Waals surface area contributed by atoms with Crippen molar-refractivity contribution in [2.24, 2.45) is 0 Å². The molecule has 25 heavy (non-hydrogen) atoms. The molecule has 0 saturated carbocycles. The van der Waals surface area contributed by atoms with Crippen molar-refractivity contribution < 1.29 is 13.2 Å². The van der Waals surface area contributed by atoms with Crippen LogP contribution < -0.4 is 4.90 Å². The van der Waals surface area contributed by atoms with E-state index in [2.05, 4.69) is 21.4 Å². The molecule has 2 aliphatic heterocycles. The summed E-state index contributed by atoms with van der Waals surface area (Å²) in [7, 11) is -3.48. The summed E-state index contributed by atoms with van der Waals surface area (Å²) in [6.07, 6.45) is 1.47. The van der Waals surface area contributed by atoms with Gasteiger partial charge in [0, 0.05) is 52.0 Å². The third-order valence-corrected chi connectivity index (χ3v) is 6.40. The van der Waals surface area contributed by atoms with E-state index in [1.165, 1.54) is 16.1 Å². The minimum Gasteiger partial charge on any atom is -0.379 e. The summed E-state index contributed by atoms with van der Waals surface area (Å²) in [4.78, 5) is 9.22. The van der Waals surface area contributed by atoms with Crippen molar-refractivity contribution in [3.8, 4) is 0 Å². The molecule has 2 aliphatic rings. The Balaban J connectivity index is 1.63. The number of rotatable bonds is 5. The molecule has 0 atom stereocenters. The molecule has 1 aromatic heterocycles. The largest absolute Gasteiger partial charge is 0.379 e. The van der Waals surface area contributed by atoms with Gasteiger partial charge < -0.3 is 9.64 Å². The number of pyridine rings is 1. The number of hydrogen-bond donors (Lipinski definition) is 0. The first-order valence-corrected chi connectivity index (χ1v) is 10.1. The first-order valence-electron chi connectivity index (χ1n) is 8.62. The maximum absolute atomic E-state index is 12.6. The molecule has 138 valence electrons. The average Bonchev–Trinajstić information content (AvgIpc) is 2.63. The molecule has 0 aliphatic carbocycles. The van der Waals surface area contributed by atoms with Crippen LogP contribution in [0.1, 0.15) is 6.92 Å². The van der Waals surface area contributed by atoms with E-state index in [4.69, 9.17) is 4.74 Å². The number of morpholine rings is 1. The van der Waals surface area contributed by atoms with Crippen LogP contribution >= 0.6 is 0 Å². The second-order valence-electron chi connectivity index (χ2n) is 6.59. The Bertz CT molecular complexity index is 691. The van der Waals surface area contributed by atoms with Crippen LogP contribution in [0, 0.1) is 0 Å². The van der Waals surface area contributed by atoms with Crippen molar-refractivity contribution in [1.29, 1.82) is 0 Å². The predicted octanol–water partition coefficient (Wildman–Crippen LogP) is 0.801. The minimum absolute atomic E-state index is 0.249. The number of aromatic nitrogens is 1. The zero-order valence-corrected chi connectivity index (χ0v) is 15.5. The van der Waals surface area contributed by atoms with Crippen molar-refractivity contribution in [3.05, 3.63) is 30.5 Å². The van der Waals surface area contributed by atoms with Crippen molar-refractivity contribution >= 4 is 15.8 Å². The second-order valence-corrected chi connectivity index (χ2v) is 8.53. The third kappa shape index (κ3) is 4.38. The number of sulfonamides is 1.